The Hall–Kier alpha value is -4.09. The summed E-state index contributed by atoms with van der Waals surface area (Å²) in [4.78, 5) is 44.6. The zero-order valence-corrected chi connectivity index (χ0v) is 24.0. The van der Waals surface area contributed by atoms with Crippen LogP contribution >= 0.6 is 0 Å². The molecule has 1 aliphatic heterocycles. The van der Waals surface area contributed by atoms with Crippen LogP contribution in [0.4, 0.5) is 0 Å². The number of likely N-dealkylation sites (tertiary alicyclic amines) is 1. The molecule has 2 N–H and O–H groups in total. The van der Waals surface area contributed by atoms with Gasteiger partial charge >= 0.3 is 0 Å². The lowest BCUT2D eigenvalue weighted by molar-refractivity contribution is -0.124. The molecule has 1 aromatic carbocycles. The number of imidazole rings is 1. The first-order chi connectivity index (χ1) is 20.5. The van der Waals surface area contributed by atoms with Crippen molar-refractivity contribution in [3.8, 4) is 17.1 Å². The highest BCUT2D eigenvalue weighted by molar-refractivity contribution is 5.91. The smallest absolute Gasteiger partial charge is 0.263 e. The molecule has 42 heavy (non-hydrogen) atoms. The van der Waals surface area contributed by atoms with Gasteiger partial charge < -0.3 is 29.1 Å². The number of aromatic nitrogens is 4. The summed E-state index contributed by atoms with van der Waals surface area (Å²) in [5.41, 5.74) is 2.46. The van der Waals surface area contributed by atoms with E-state index >= 15 is 0 Å². The predicted molar refractivity (Wildman–Crippen MR) is 155 cm³/mol. The number of carbonyl (C=O) groups excluding carboxylic acids is 2. The van der Waals surface area contributed by atoms with Crippen molar-refractivity contribution >= 4 is 22.6 Å². The van der Waals surface area contributed by atoms with Gasteiger partial charge in [0.2, 0.25) is 17.6 Å². The first-order valence-electron chi connectivity index (χ1n) is 14.4. The predicted octanol–water partition coefficient (Wildman–Crippen LogP) is 4.19. The molecule has 11 heteroatoms. The zero-order chi connectivity index (χ0) is 29.1. The van der Waals surface area contributed by atoms with Crippen LogP contribution in [-0.4, -0.2) is 77.0 Å². The first-order valence-corrected chi connectivity index (χ1v) is 14.4. The molecule has 1 spiro atoms. The second kappa shape index (κ2) is 12.0. The molecule has 2 aliphatic rings. The summed E-state index contributed by atoms with van der Waals surface area (Å²) in [6.45, 7) is 2.59. The Morgan fingerprint density at radius 2 is 2.07 bits per heavy atom. The molecule has 1 aliphatic carbocycles. The van der Waals surface area contributed by atoms with Crippen LogP contribution in [0.25, 0.3) is 22.2 Å². The molecule has 4 aromatic rings. The Balaban J connectivity index is 1.16. The number of para-hydroxylation sites is 1. The number of ketones is 1. The number of Topliss-reactive ketones (excluding diaryl/α,β-unsaturated/α-hetero) is 1. The molecular formula is C31H36N6O5. The van der Waals surface area contributed by atoms with E-state index in [1.54, 1.807) is 13.3 Å². The van der Waals surface area contributed by atoms with E-state index < -0.39 is 6.04 Å². The molecule has 1 saturated carbocycles. The molecule has 6 rings (SSSR count). The van der Waals surface area contributed by atoms with E-state index in [4.69, 9.17) is 13.9 Å². The van der Waals surface area contributed by atoms with Crippen LogP contribution in [0.1, 0.15) is 54.7 Å². The minimum atomic E-state index is -0.489. The number of hydrogen-bond donors (Lipinski definition) is 2. The highest BCUT2D eigenvalue weighted by Crippen LogP contribution is 2.59. The number of piperidine rings is 1. The molecule has 4 heterocycles. The lowest BCUT2D eigenvalue weighted by Gasteiger charge is -2.30. The number of ether oxygens (including phenoxy) is 2. The van der Waals surface area contributed by atoms with E-state index in [1.165, 1.54) is 12.5 Å². The summed E-state index contributed by atoms with van der Waals surface area (Å²) in [7, 11) is 3.72. The normalized spacial score (nSPS) is 18.7. The fraction of sp³-hybridized carbons (Fsp3) is 0.452. The van der Waals surface area contributed by atoms with E-state index in [-0.39, 0.29) is 41.9 Å². The molecule has 1 amide bonds. The third-order valence-corrected chi connectivity index (χ3v) is 8.55. The van der Waals surface area contributed by atoms with Gasteiger partial charge in [-0.25, -0.2) is 15.0 Å². The third kappa shape index (κ3) is 5.93. The lowest BCUT2D eigenvalue weighted by Crippen LogP contribution is -2.37. The van der Waals surface area contributed by atoms with Gasteiger partial charge in [0.1, 0.15) is 18.1 Å². The van der Waals surface area contributed by atoms with E-state index in [2.05, 4.69) is 37.2 Å². The number of nitrogens with zero attached hydrogens (tertiary/aromatic N) is 4. The maximum atomic E-state index is 13.5. The van der Waals surface area contributed by atoms with Crippen molar-refractivity contribution < 1.29 is 23.5 Å². The summed E-state index contributed by atoms with van der Waals surface area (Å²) in [6.07, 6.45) is 8.34. The summed E-state index contributed by atoms with van der Waals surface area (Å²) in [6, 6.07) is 9.38. The number of rotatable bonds is 12. The number of amides is 1. The molecule has 220 valence electrons. The molecular weight excluding hydrogens is 536 g/mol. The third-order valence-electron chi connectivity index (χ3n) is 8.55. The van der Waals surface area contributed by atoms with Crippen molar-refractivity contribution in [3.63, 3.8) is 0 Å². The van der Waals surface area contributed by atoms with E-state index in [0.717, 1.165) is 54.5 Å². The fourth-order valence-corrected chi connectivity index (χ4v) is 5.90. The number of fused-ring (bicyclic) bond motifs is 1. The van der Waals surface area contributed by atoms with Gasteiger partial charge in [-0.2, -0.15) is 0 Å². The van der Waals surface area contributed by atoms with E-state index in [9.17, 15) is 9.59 Å². The molecule has 3 aromatic heterocycles. The van der Waals surface area contributed by atoms with Crippen LogP contribution in [0.15, 0.2) is 53.4 Å². The number of nitrogens with one attached hydrogen (secondary N) is 2. The summed E-state index contributed by atoms with van der Waals surface area (Å²) in [5.74, 6) is 1.05. The maximum Gasteiger partial charge on any atom is 0.263 e. The quantitative estimate of drug-likeness (QED) is 0.189. The Labute approximate surface area is 244 Å². The van der Waals surface area contributed by atoms with Gasteiger partial charge in [0, 0.05) is 24.3 Å². The van der Waals surface area contributed by atoms with Crippen LogP contribution < -0.4 is 10.1 Å². The topological polar surface area (TPSA) is 135 Å². The van der Waals surface area contributed by atoms with Crippen molar-refractivity contribution in [2.45, 2.75) is 38.1 Å². The summed E-state index contributed by atoms with van der Waals surface area (Å²) in [5, 5.41) is 4.19. The minimum Gasteiger partial charge on any atom is -0.480 e. The van der Waals surface area contributed by atoms with E-state index in [1.807, 2.05) is 30.3 Å². The van der Waals surface area contributed by atoms with Gasteiger partial charge in [0.05, 0.1) is 42.9 Å². The molecule has 0 unspecified atom stereocenters. The van der Waals surface area contributed by atoms with Crippen molar-refractivity contribution in [3.05, 3.63) is 60.7 Å². The number of methoxy groups -OCH3 is 1. The van der Waals surface area contributed by atoms with Gasteiger partial charge in [-0.3, -0.25) is 9.59 Å². The number of benzene rings is 1. The standard InChI is InChI=1S/C31H36N6O5/c1-37-12-9-31(10-13-37)17-22(31)28(39)35-25(19-41-14-5-8-26(38)30-32-11-15-42-30)27-33-18-24(34-27)21-16-20-6-3-4-7-23(20)36-29(21)40-2/h3-4,6-7,11,15-16,18,22,25H,5,8-10,12-14,17,19H2,1-2H3,(H,33,34)(H,35,39)/t22-,25+/m1/s1. The molecule has 11 nitrogen and oxygen atoms in total. The monoisotopic (exact) mass is 572 g/mol. The summed E-state index contributed by atoms with van der Waals surface area (Å²) >= 11 is 0. The maximum absolute atomic E-state index is 13.5. The highest BCUT2D eigenvalue weighted by Gasteiger charge is 2.58. The fourth-order valence-electron chi connectivity index (χ4n) is 5.90. The number of pyridine rings is 1. The highest BCUT2D eigenvalue weighted by atomic mass is 16.5. The Kier molecular flexibility index (Phi) is 8.03. The largest absolute Gasteiger partial charge is 0.480 e. The number of oxazole rings is 1. The SMILES string of the molecule is COc1nc2ccccc2cc1-c1cnc([C@H](COCCCC(=O)c2ncco2)NC(=O)[C@H]2CC23CCN(C)CC3)[nH]1. The van der Waals surface area contributed by atoms with Crippen LogP contribution in [0.3, 0.4) is 0 Å². The van der Waals surface area contributed by atoms with Crippen LogP contribution in [0, 0.1) is 11.3 Å². The van der Waals surface area contributed by atoms with E-state index in [0.29, 0.717) is 24.7 Å². The van der Waals surface area contributed by atoms with Crippen molar-refractivity contribution in [2.24, 2.45) is 11.3 Å². The van der Waals surface area contributed by atoms with Gasteiger partial charge in [0.15, 0.2) is 0 Å². The van der Waals surface area contributed by atoms with Crippen molar-refractivity contribution in [2.75, 3.05) is 40.5 Å². The van der Waals surface area contributed by atoms with Crippen LogP contribution in [0.2, 0.25) is 0 Å². The Morgan fingerprint density at radius 3 is 2.86 bits per heavy atom. The van der Waals surface area contributed by atoms with Gasteiger partial charge in [-0.15, -0.1) is 0 Å². The molecule has 0 bridgehead atoms. The second-order valence-corrected chi connectivity index (χ2v) is 11.3. The average molecular weight is 573 g/mol. The summed E-state index contributed by atoms with van der Waals surface area (Å²) < 4.78 is 16.6. The average Bonchev–Trinajstić information content (AvgIpc) is 3.36. The number of carbonyl (C=O) groups is 2. The number of H-pyrrole nitrogens is 1. The number of aromatic amines is 1. The first kappa shape index (κ1) is 28.0. The van der Waals surface area contributed by atoms with Gasteiger partial charge in [0.25, 0.3) is 5.89 Å². The van der Waals surface area contributed by atoms with Crippen LogP contribution in [0.5, 0.6) is 5.88 Å². The molecule has 2 fully saturated rings. The van der Waals surface area contributed by atoms with Crippen molar-refractivity contribution in [1.29, 1.82) is 0 Å². The van der Waals surface area contributed by atoms with Crippen LogP contribution in [-0.2, 0) is 9.53 Å². The minimum absolute atomic E-state index is 0.00586. The number of hydrogen-bond acceptors (Lipinski definition) is 9. The Bertz CT molecular complexity index is 1540. The van der Waals surface area contributed by atoms with Crippen molar-refractivity contribution in [1.82, 2.24) is 30.2 Å². The lowest BCUT2D eigenvalue weighted by atomic mass is 9.91. The van der Waals surface area contributed by atoms with Gasteiger partial charge in [-0.1, -0.05) is 18.2 Å². The Morgan fingerprint density at radius 1 is 1.24 bits per heavy atom. The molecule has 2 atom stereocenters. The molecule has 1 saturated heterocycles. The van der Waals surface area contributed by atoms with Gasteiger partial charge in [-0.05, 0) is 63.4 Å². The molecule has 0 radical (unpaired) electrons. The second-order valence-electron chi connectivity index (χ2n) is 11.3. The zero-order valence-electron chi connectivity index (χ0n) is 24.0.